The molecule has 0 fully saturated rings. The molecule has 0 aliphatic carbocycles. The molecule has 0 N–H and O–H groups in total. The SMILES string of the molecule is SCc1ccc(OCc2ccccc2COc2ccc(CS)cc2)cc1. The van der Waals surface area contributed by atoms with Crippen LogP contribution in [0.1, 0.15) is 22.3 Å². The van der Waals surface area contributed by atoms with Gasteiger partial charge in [-0.2, -0.15) is 25.3 Å². The van der Waals surface area contributed by atoms with Crippen LogP contribution in [0.4, 0.5) is 0 Å². The number of hydrogen-bond acceptors (Lipinski definition) is 4. The Kier molecular flexibility index (Phi) is 6.92. The molecule has 0 saturated heterocycles. The minimum absolute atomic E-state index is 0.512. The summed E-state index contributed by atoms with van der Waals surface area (Å²) in [6, 6.07) is 24.2. The molecule has 0 unspecified atom stereocenters. The molecule has 0 aliphatic rings. The van der Waals surface area contributed by atoms with Gasteiger partial charge in [0, 0.05) is 11.5 Å². The zero-order valence-electron chi connectivity index (χ0n) is 14.5. The highest BCUT2D eigenvalue weighted by Gasteiger charge is 2.05. The van der Waals surface area contributed by atoms with Crippen LogP contribution in [0.15, 0.2) is 72.8 Å². The maximum absolute atomic E-state index is 5.93. The summed E-state index contributed by atoms with van der Waals surface area (Å²) in [5.41, 5.74) is 4.60. The van der Waals surface area contributed by atoms with E-state index in [9.17, 15) is 0 Å². The summed E-state index contributed by atoms with van der Waals surface area (Å²) in [5.74, 6) is 3.17. The molecule has 3 aromatic rings. The minimum Gasteiger partial charge on any atom is -0.489 e. The Labute approximate surface area is 166 Å². The van der Waals surface area contributed by atoms with Crippen molar-refractivity contribution in [3.05, 3.63) is 95.1 Å². The summed E-state index contributed by atoms with van der Waals surface area (Å²) >= 11 is 8.55. The largest absolute Gasteiger partial charge is 0.489 e. The average molecular weight is 383 g/mol. The summed E-state index contributed by atoms with van der Waals surface area (Å²) in [7, 11) is 0. The van der Waals surface area contributed by atoms with E-state index in [-0.39, 0.29) is 0 Å². The van der Waals surface area contributed by atoms with Crippen LogP contribution in [-0.2, 0) is 24.7 Å². The number of hydrogen-bond donors (Lipinski definition) is 2. The first-order valence-corrected chi connectivity index (χ1v) is 9.77. The fourth-order valence-electron chi connectivity index (χ4n) is 2.54. The maximum Gasteiger partial charge on any atom is 0.119 e. The fourth-order valence-corrected chi connectivity index (χ4v) is 2.97. The molecule has 3 rings (SSSR count). The molecule has 0 spiro atoms. The van der Waals surface area contributed by atoms with Crippen molar-refractivity contribution in [3.8, 4) is 11.5 Å². The molecule has 0 saturated carbocycles. The van der Waals surface area contributed by atoms with Crippen LogP contribution < -0.4 is 9.47 Å². The zero-order chi connectivity index (χ0) is 18.2. The molecular weight excluding hydrogens is 360 g/mol. The Morgan fingerprint density at radius 3 is 1.27 bits per heavy atom. The van der Waals surface area contributed by atoms with E-state index in [1.54, 1.807) is 0 Å². The second-order valence-corrected chi connectivity index (χ2v) is 6.58. The van der Waals surface area contributed by atoms with Crippen molar-refractivity contribution in [1.82, 2.24) is 0 Å². The average Bonchev–Trinajstić information content (AvgIpc) is 2.72. The number of ether oxygens (including phenoxy) is 2. The van der Waals surface area contributed by atoms with E-state index >= 15 is 0 Å². The van der Waals surface area contributed by atoms with Crippen LogP contribution in [0, 0.1) is 0 Å². The Morgan fingerprint density at radius 1 is 0.538 bits per heavy atom. The lowest BCUT2D eigenvalue weighted by atomic mass is 10.1. The highest BCUT2D eigenvalue weighted by Crippen LogP contribution is 2.19. The molecule has 134 valence electrons. The predicted molar refractivity (Wildman–Crippen MR) is 113 cm³/mol. The predicted octanol–water partition coefficient (Wildman–Crippen LogP) is 5.70. The van der Waals surface area contributed by atoms with Crippen LogP contribution in [0.25, 0.3) is 0 Å². The van der Waals surface area contributed by atoms with Gasteiger partial charge in [0.1, 0.15) is 24.7 Å². The molecule has 3 aromatic carbocycles. The molecule has 2 nitrogen and oxygen atoms in total. The summed E-state index contributed by atoms with van der Waals surface area (Å²) in [6.45, 7) is 1.02. The monoisotopic (exact) mass is 382 g/mol. The van der Waals surface area contributed by atoms with Gasteiger partial charge in [-0.25, -0.2) is 0 Å². The second-order valence-electron chi connectivity index (χ2n) is 5.95. The Morgan fingerprint density at radius 2 is 0.923 bits per heavy atom. The van der Waals surface area contributed by atoms with E-state index in [1.807, 2.05) is 60.7 Å². The summed E-state index contributed by atoms with van der Waals surface area (Å²) in [5, 5.41) is 0. The highest BCUT2D eigenvalue weighted by molar-refractivity contribution is 7.79. The maximum atomic E-state index is 5.93. The molecule has 0 radical (unpaired) electrons. The molecule has 0 heterocycles. The molecular formula is C22H22O2S2. The van der Waals surface area contributed by atoms with E-state index in [2.05, 4.69) is 37.4 Å². The van der Waals surface area contributed by atoms with E-state index in [0.717, 1.165) is 34.1 Å². The van der Waals surface area contributed by atoms with E-state index in [4.69, 9.17) is 9.47 Å². The van der Waals surface area contributed by atoms with Gasteiger partial charge in [0.05, 0.1) is 0 Å². The van der Waals surface area contributed by atoms with Crippen LogP contribution in [0.3, 0.4) is 0 Å². The Balaban J connectivity index is 1.61. The smallest absolute Gasteiger partial charge is 0.119 e. The Hall–Kier alpha value is -2.04. The van der Waals surface area contributed by atoms with Gasteiger partial charge in [0.2, 0.25) is 0 Å². The topological polar surface area (TPSA) is 18.5 Å². The molecule has 0 atom stereocenters. The Bertz CT molecular complexity index is 744. The third-order valence-corrected chi connectivity index (χ3v) is 4.85. The van der Waals surface area contributed by atoms with Gasteiger partial charge in [-0.05, 0) is 46.5 Å². The molecule has 0 aromatic heterocycles. The first kappa shape index (κ1) is 18.7. The number of benzene rings is 3. The number of rotatable bonds is 8. The molecule has 0 amide bonds. The van der Waals surface area contributed by atoms with Crippen molar-refractivity contribution < 1.29 is 9.47 Å². The third kappa shape index (κ3) is 5.23. The van der Waals surface area contributed by atoms with E-state index in [1.165, 1.54) is 11.1 Å². The first-order chi connectivity index (χ1) is 12.8. The van der Waals surface area contributed by atoms with Crippen LogP contribution >= 0.6 is 25.3 Å². The van der Waals surface area contributed by atoms with Gasteiger partial charge >= 0.3 is 0 Å². The zero-order valence-corrected chi connectivity index (χ0v) is 16.3. The summed E-state index contributed by atoms with van der Waals surface area (Å²) in [6.07, 6.45) is 0. The lowest BCUT2D eigenvalue weighted by Gasteiger charge is -2.13. The number of thiol groups is 2. The molecule has 0 bridgehead atoms. The molecule has 0 aliphatic heterocycles. The minimum atomic E-state index is 0.512. The van der Waals surface area contributed by atoms with Gasteiger partial charge in [-0.1, -0.05) is 48.5 Å². The van der Waals surface area contributed by atoms with Crippen molar-refractivity contribution in [1.29, 1.82) is 0 Å². The standard InChI is InChI=1S/C22H22O2S2/c25-15-17-5-9-21(10-6-17)23-13-19-3-1-2-4-20(19)14-24-22-11-7-18(16-26)8-12-22/h1-12,25-26H,13-16H2. The van der Waals surface area contributed by atoms with Crippen molar-refractivity contribution >= 4 is 25.3 Å². The normalized spacial score (nSPS) is 10.5. The molecule has 4 heteroatoms. The van der Waals surface area contributed by atoms with Crippen LogP contribution in [0.2, 0.25) is 0 Å². The van der Waals surface area contributed by atoms with Crippen molar-refractivity contribution in [3.63, 3.8) is 0 Å². The lowest BCUT2D eigenvalue weighted by Crippen LogP contribution is -2.03. The highest BCUT2D eigenvalue weighted by atomic mass is 32.1. The van der Waals surface area contributed by atoms with Crippen LogP contribution in [-0.4, -0.2) is 0 Å². The van der Waals surface area contributed by atoms with E-state index < -0.39 is 0 Å². The van der Waals surface area contributed by atoms with E-state index in [0.29, 0.717) is 13.2 Å². The quantitative estimate of drug-likeness (QED) is 0.487. The van der Waals surface area contributed by atoms with Crippen molar-refractivity contribution in [2.45, 2.75) is 24.7 Å². The third-order valence-electron chi connectivity index (χ3n) is 4.12. The van der Waals surface area contributed by atoms with Crippen molar-refractivity contribution in [2.24, 2.45) is 0 Å². The summed E-state index contributed by atoms with van der Waals surface area (Å²) < 4.78 is 11.9. The van der Waals surface area contributed by atoms with Gasteiger partial charge in [-0.15, -0.1) is 0 Å². The summed E-state index contributed by atoms with van der Waals surface area (Å²) in [4.78, 5) is 0. The van der Waals surface area contributed by atoms with Gasteiger partial charge < -0.3 is 9.47 Å². The molecule has 26 heavy (non-hydrogen) atoms. The fraction of sp³-hybridized carbons (Fsp3) is 0.182. The van der Waals surface area contributed by atoms with Gasteiger partial charge in [-0.3, -0.25) is 0 Å². The lowest BCUT2D eigenvalue weighted by molar-refractivity contribution is 0.285. The second kappa shape index (κ2) is 9.60. The first-order valence-electron chi connectivity index (χ1n) is 8.50. The van der Waals surface area contributed by atoms with Crippen molar-refractivity contribution in [2.75, 3.05) is 0 Å². The van der Waals surface area contributed by atoms with Gasteiger partial charge in [0.15, 0.2) is 0 Å². The van der Waals surface area contributed by atoms with Gasteiger partial charge in [0.25, 0.3) is 0 Å². The van der Waals surface area contributed by atoms with Crippen LogP contribution in [0.5, 0.6) is 11.5 Å².